The number of thiophene rings is 1. The molecule has 0 unspecified atom stereocenters. The standard InChI is InChI=1S/C12H17N3O2S2/c1-9-7-10(2)15(14-9)11(8-13-19(3,16)17)12-5-4-6-18-12/h4-7,11,13H,8H2,1-3H3/t11-/m1/s1. The van der Waals surface area contributed by atoms with E-state index in [4.69, 9.17) is 0 Å². The van der Waals surface area contributed by atoms with Gasteiger partial charge < -0.3 is 0 Å². The lowest BCUT2D eigenvalue weighted by atomic mass is 10.2. The highest BCUT2D eigenvalue weighted by Gasteiger charge is 2.19. The molecule has 0 spiro atoms. The normalized spacial score (nSPS) is 13.6. The summed E-state index contributed by atoms with van der Waals surface area (Å²) in [5.41, 5.74) is 1.95. The maximum Gasteiger partial charge on any atom is 0.208 e. The molecule has 2 aromatic heterocycles. The lowest BCUT2D eigenvalue weighted by Crippen LogP contribution is -2.31. The molecule has 104 valence electrons. The molecule has 2 aromatic rings. The van der Waals surface area contributed by atoms with Gasteiger partial charge in [0.05, 0.1) is 18.0 Å². The lowest BCUT2D eigenvalue weighted by Gasteiger charge is -2.18. The summed E-state index contributed by atoms with van der Waals surface area (Å²) in [5.74, 6) is 0. The highest BCUT2D eigenvalue weighted by atomic mass is 32.2. The second kappa shape index (κ2) is 5.44. The summed E-state index contributed by atoms with van der Waals surface area (Å²) < 4.78 is 27.0. The van der Waals surface area contributed by atoms with Crippen molar-refractivity contribution in [2.75, 3.05) is 12.8 Å². The third kappa shape index (κ3) is 3.65. The predicted molar refractivity (Wildman–Crippen MR) is 77.0 cm³/mol. The van der Waals surface area contributed by atoms with E-state index in [1.807, 2.05) is 42.1 Å². The molecule has 0 bridgehead atoms. The number of hydrogen-bond acceptors (Lipinski definition) is 4. The Balaban J connectivity index is 2.32. The zero-order valence-electron chi connectivity index (χ0n) is 11.1. The smallest absolute Gasteiger partial charge is 0.208 e. The summed E-state index contributed by atoms with van der Waals surface area (Å²) >= 11 is 1.60. The largest absolute Gasteiger partial charge is 0.260 e. The number of aryl methyl sites for hydroxylation is 2. The van der Waals surface area contributed by atoms with Crippen molar-refractivity contribution in [1.82, 2.24) is 14.5 Å². The van der Waals surface area contributed by atoms with Gasteiger partial charge in [-0.2, -0.15) is 5.10 Å². The molecule has 0 saturated carbocycles. The van der Waals surface area contributed by atoms with E-state index in [1.54, 1.807) is 11.3 Å². The summed E-state index contributed by atoms with van der Waals surface area (Å²) in [4.78, 5) is 1.09. The Hall–Kier alpha value is -1.18. The Morgan fingerprint density at radius 3 is 2.68 bits per heavy atom. The van der Waals surface area contributed by atoms with Crippen LogP contribution in [0.1, 0.15) is 22.3 Å². The summed E-state index contributed by atoms with van der Waals surface area (Å²) in [6, 6.07) is 5.83. The van der Waals surface area contributed by atoms with Gasteiger partial charge in [0, 0.05) is 17.1 Å². The van der Waals surface area contributed by atoms with E-state index in [0.717, 1.165) is 16.3 Å². The topological polar surface area (TPSA) is 64.0 Å². The number of sulfonamides is 1. The minimum Gasteiger partial charge on any atom is -0.260 e. The van der Waals surface area contributed by atoms with Gasteiger partial charge in [-0.15, -0.1) is 11.3 Å². The van der Waals surface area contributed by atoms with Gasteiger partial charge in [-0.05, 0) is 31.4 Å². The van der Waals surface area contributed by atoms with Crippen LogP contribution in [0.3, 0.4) is 0 Å². The van der Waals surface area contributed by atoms with Crippen LogP contribution in [0.15, 0.2) is 23.6 Å². The zero-order valence-corrected chi connectivity index (χ0v) is 12.8. The van der Waals surface area contributed by atoms with Crippen molar-refractivity contribution in [1.29, 1.82) is 0 Å². The fourth-order valence-electron chi connectivity index (χ4n) is 1.98. The molecular formula is C12H17N3O2S2. The summed E-state index contributed by atoms with van der Waals surface area (Å²) in [5, 5.41) is 6.44. The van der Waals surface area contributed by atoms with Crippen LogP contribution < -0.4 is 4.72 Å². The number of rotatable bonds is 5. The first-order valence-corrected chi connectivity index (χ1v) is 8.65. The van der Waals surface area contributed by atoms with Gasteiger partial charge in [0.25, 0.3) is 0 Å². The van der Waals surface area contributed by atoms with Crippen LogP contribution in [-0.2, 0) is 10.0 Å². The van der Waals surface area contributed by atoms with Gasteiger partial charge in [0.15, 0.2) is 0 Å². The highest BCUT2D eigenvalue weighted by molar-refractivity contribution is 7.88. The van der Waals surface area contributed by atoms with E-state index in [9.17, 15) is 8.42 Å². The van der Waals surface area contributed by atoms with Gasteiger partial charge >= 0.3 is 0 Å². The molecule has 0 fully saturated rings. The van der Waals surface area contributed by atoms with Crippen LogP contribution in [0.2, 0.25) is 0 Å². The van der Waals surface area contributed by atoms with Crippen molar-refractivity contribution >= 4 is 21.4 Å². The summed E-state index contributed by atoms with van der Waals surface area (Å²) in [6.07, 6.45) is 1.17. The van der Waals surface area contributed by atoms with Crippen molar-refractivity contribution in [2.45, 2.75) is 19.9 Å². The second-order valence-electron chi connectivity index (χ2n) is 4.52. The highest BCUT2D eigenvalue weighted by Crippen LogP contribution is 2.24. The molecule has 0 aromatic carbocycles. The predicted octanol–water partition coefficient (Wildman–Crippen LogP) is 1.70. The van der Waals surface area contributed by atoms with Gasteiger partial charge in [-0.1, -0.05) is 6.07 Å². The summed E-state index contributed by atoms with van der Waals surface area (Å²) in [6.45, 7) is 4.21. The number of nitrogens with one attached hydrogen (secondary N) is 1. The van der Waals surface area contributed by atoms with E-state index in [1.165, 1.54) is 6.26 Å². The second-order valence-corrected chi connectivity index (χ2v) is 7.34. The number of hydrogen-bond donors (Lipinski definition) is 1. The molecule has 19 heavy (non-hydrogen) atoms. The van der Waals surface area contributed by atoms with E-state index >= 15 is 0 Å². The Morgan fingerprint density at radius 2 is 2.21 bits per heavy atom. The van der Waals surface area contributed by atoms with Crippen molar-refractivity contribution in [3.63, 3.8) is 0 Å². The molecule has 7 heteroatoms. The monoisotopic (exact) mass is 299 g/mol. The maximum absolute atomic E-state index is 11.3. The Morgan fingerprint density at radius 1 is 1.47 bits per heavy atom. The quantitative estimate of drug-likeness (QED) is 0.914. The Kier molecular flexibility index (Phi) is 4.07. The van der Waals surface area contributed by atoms with Gasteiger partial charge in [-0.3, -0.25) is 4.68 Å². The fourth-order valence-corrected chi connectivity index (χ4v) is 3.25. The Bertz CT molecular complexity index is 645. The van der Waals surface area contributed by atoms with E-state index in [0.29, 0.717) is 6.54 Å². The first-order chi connectivity index (χ1) is 8.87. The minimum atomic E-state index is -3.21. The first-order valence-electron chi connectivity index (χ1n) is 5.87. The van der Waals surface area contributed by atoms with Gasteiger partial charge in [0.2, 0.25) is 10.0 Å². The van der Waals surface area contributed by atoms with Crippen LogP contribution in [0, 0.1) is 13.8 Å². The molecule has 2 heterocycles. The SMILES string of the molecule is Cc1cc(C)n([C@H](CNS(C)(=O)=O)c2cccs2)n1. The molecule has 0 aliphatic heterocycles. The zero-order chi connectivity index (χ0) is 14.0. The van der Waals surface area contributed by atoms with Gasteiger partial charge in [-0.25, -0.2) is 13.1 Å². The average Bonchev–Trinajstić information content (AvgIpc) is 2.88. The molecule has 1 N–H and O–H groups in total. The summed E-state index contributed by atoms with van der Waals surface area (Å²) in [7, 11) is -3.21. The van der Waals surface area contributed by atoms with Crippen molar-refractivity contribution in [2.24, 2.45) is 0 Å². The molecule has 2 rings (SSSR count). The maximum atomic E-state index is 11.3. The third-order valence-corrected chi connectivity index (χ3v) is 4.41. The average molecular weight is 299 g/mol. The molecule has 0 radical (unpaired) electrons. The van der Waals surface area contributed by atoms with Crippen molar-refractivity contribution in [3.8, 4) is 0 Å². The number of nitrogens with zero attached hydrogens (tertiary/aromatic N) is 2. The van der Waals surface area contributed by atoms with Crippen molar-refractivity contribution in [3.05, 3.63) is 39.8 Å². The van der Waals surface area contributed by atoms with E-state index in [2.05, 4.69) is 9.82 Å². The molecule has 1 atom stereocenters. The van der Waals surface area contributed by atoms with Crippen LogP contribution in [0.25, 0.3) is 0 Å². The molecule has 0 aliphatic carbocycles. The first kappa shape index (κ1) is 14.2. The van der Waals surface area contributed by atoms with Crippen LogP contribution in [0.5, 0.6) is 0 Å². The van der Waals surface area contributed by atoms with E-state index < -0.39 is 10.0 Å². The molecule has 0 aliphatic rings. The van der Waals surface area contributed by atoms with Crippen LogP contribution in [0.4, 0.5) is 0 Å². The number of aromatic nitrogens is 2. The van der Waals surface area contributed by atoms with Crippen LogP contribution in [-0.4, -0.2) is 31.0 Å². The van der Waals surface area contributed by atoms with E-state index in [-0.39, 0.29) is 6.04 Å². The van der Waals surface area contributed by atoms with Crippen LogP contribution >= 0.6 is 11.3 Å². The third-order valence-electron chi connectivity index (χ3n) is 2.75. The van der Waals surface area contributed by atoms with Gasteiger partial charge in [0.1, 0.15) is 0 Å². The molecular weight excluding hydrogens is 282 g/mol. The molecule has 0 amide bonds. The Labute approximate surface area is 117 Å². The lowest BCUT2D eigenvalue weighted by molar-refractivity contribution is 0.501. The fraction of sp³-hybridized carbons (Fsp3) is 0.417. The minimum absolute atomic E-state index is 0.108. The van der Waals surface area contributed by atoms with Crippen molar-refractivity contribution < 1.29 is 8.42 Å². The molecule has 0 saturated heterocycles. The molecule has 5 nitrogen and oxygen atoms in total.